The Morgan fingerprint density at radius 3 is 2.51 bits per heavy atom. The highest BCUT2D eigenvalue weighted by Gasteiger charge is 2.26. The number of aliphatic hydroxyl groups is 1. The van der Waals surface area contributed by atoms with Crippen molar-refractivity contribution in [2.75, 3.05) is 32.2 Å². The number of unbranched alkanes of at least 4 members (excludes halogenated alkanes) is 1. The predicted molar refractivity (Wildman–Crippen MR) is 150 cm³/mol. The molecule has 37 heavy (non-hydrogen) atoms. The molecule has 0 unspecified atom stereocenters. The minimum absolute atomic E-state index is 0.135. The molecular weight excluding hydrogens is 486 g/mol. The molecule has 0 amide bonds. The number of rotatable bonds is 10. The first-order valence-electron chi connectivity index (χ1n) is 12.7. The Balaban J connectivity index is 1.89. The van der Waals surface area contributed by atoms with E-state index in [1.54, 1.807) is 36.1 Å². The molecule has 1 aromatic carbocycles. The third kappa shape index (κ3) is 5.29. The Morgan fingerprint density at radius 2 is 1.89 bits per heavy atom. The lowest BCUT2D eigenvalue weighted by molar-refractivity contribution is 0.280. The highest BCUT2D eigenvalue weighted by atomic mass is 32.1. The Hall–Kier alpha value is -3.17. The van der Waals surface area contributed by atoms with Crippen LogP contribution in [0.1, 0.15) is 63.6 Å². The molecule has 0 saturated heterocycles. The zero-order valence-electron chi connectivity index (χ0n) is 22.8. The van der Waals surface area contributed by atoms with Gasteiger partial charge in [-0.05, 0) is 49.2 Å². The Kier molecular flexibility index (Phi) is 8.04. The fraction of sp³-hybridized carbons (Fsp3) is 0.464. The summed E-state index contributed by atoms with van der Waals surface area (Å²) < 4.78 is 13.0. The topological polar surface area (TPSA) is 85.0 Å². The van der Waals surface area contributed by atoms with Crippen LogP contribution in [0.15, 0.2) is 24.3 Å². The summed E-state index contributed by atoms with van der Waals surface area (Å²) in [6.07, 6.45) is 4.53. The van der Waals surface area contributed by atoms with Crippen LogP contribution in [0.25, 0.3) is 23.1 Å². The molecule has 4 aromatic rings. The van der Waals surface area contributed by atoms with E-state index >= 15 is 0 Å². The summed E-state index contributed by atoms with van der Waals surface area (Å²) in [4.78, 5) is 3.58. The highest BCUT2D eigenvalue weighted by molar-refractivity contribution is 7.16. The third-order valence-corrected chi connectivity index (χ3v) is 7.48. The summed E-state index contributed by atoms with van der Waals surface area (Å²) in [5, 5.41) is 26.1. The molecule has 1 N–H and O–H groups in total. The van der Waals surface area contributed by atoms with Gasteiger partial charge in [0.25, 0.3) is 0 Å². The van der Waals surface area contributed by atoms with Crippen molar-refractivity contribution in [2.24, 2.45) is 0 Å². The van der Waals surface area contributed by atoms with Gasteiger partial charge in [0.2, 0.25) is 0 Å². The van der Waals surface area contributed by atoms with Gasteiger partial charge in [-0.2, -0.15) is 9.61 Å². The fourth-order valence-corrected chi connectivity index (χ4v) is 5.48. The van der Waals surface area contributed by atoms with E-state index in [1.807, 2.05) is 6.07 Å². The van der Waals surface area contributed by atoms with Gasteiger partial charge in [-0.1, -0.05) is 34.1 Å². The Morgan fingerprint density at radius 1 is 1.11 bits per heavy atom. The van der Waals surface area contributed by atoms with Gasteiger partial charge in [-0.15, -0.1) is 21.5 Å². The number of aliphatic hydroxyl groups excluding tert-OH is 1. The molecule has 0 fully saturated rings. The molecule has 4 rings (SSSR count). The van der Waals surface area contributed by atoms with Gasteiger partial charge in [-0.3, -0.25) is 0 Å². The molecule has 0 spiro atoms. The first-order valence-corrected chi connectivity index (χ1v) is 13.6. The average molecular weight is 524 g/mol. The van der Waals surface area contributed by atoms with Crippen LogP contribution in [0.5, 0.6) is 11.5 Å². The number of hydrogen-bond acceptors (Lipinski definition) is 8. The van der Waals surface area contributed by atoms with E-state index in [-0.39, 0.29) is 12.0 Å². The van der Waals surface area contributed by atoms with Gasteiger partial charge < -0.3 is 19.5 Å². The van der Waals surface area contributed by atoms with E-state index in [0.29, 0.717) is 34.1 Å². The number of thiophene rings is 1. The maximum absolute atomic E-state index is 9.82. The number of fused-ring (bicyclic) bond motifs is 1. The standard InChI is InChI=1S/C28H37N5O3S/c1-8-10-13-32(9-2)23-12-11-19(37-23)16-21-25(28(3,4)5)31-33-26(29-30-27(21)33)20-14-18(17-34)15-22(35-6)24(20)36-7/h11-12,14-16,34H,8-10,13,17H2,1-7H3. The van der Waals surface area contributed by atoms with Crippen molar-refractivity contribution in [3.8, 4) is 22.9 Å². The zero-order chi connectivity index (χ0) is 26.7. The number of nitrogens with zero attached hydrogens (tertiary/aromatic N) is 5. The highest BCUT2D eigenvalue weighted by Crippen LogP contribution is 2.39. The molecule has 3 heterocycles. The number of aromatic nitrogens is 4. The molecule has 0 saturated carbocycles. The first-order chi connectivity index (χ1) is 17.7. The van der Waals surface area contributed by atoms with Crippen LogP contribution < -0.4 is 19.6 Å². The number of benzene rings is 1. The minimum atomic E-state index is -0.213. The van der Waals surface area contributed by atoms with E-state index in [1.165, 1.54) is 17.8 Å². The zero-order valence-corrected chi connectivity index (χ0v) is 23.6. The van der Waals surface area contributed by atoms with Crippen molar-refractivity contribution in [1.29, 1.82) is 0 Å². The lowest BCUT2D eigenvalue weighted by Crippen LogP contribution is -2.22. The molecular formula is C28H37N5O3S. The van der Waals surface area contributed by atoms with Crippen molar-refractivity contribution >= 4 is 28.1 Å². The van der Waals surface area contributed by atoms with Gasteiger partial charge >= 0.3 is 0 Å². The molecule has 198 valence electrons. The van der Waals surface area contributed by atoms with E-state index < -0.39 is 0 Å². The second-order valence-electron chi connectivity index (χ2n) is 10.1. The second kappa shape index (κ2) is 11.1. The molecule has 0 aliphatic rings. The van der Waals surface area contributed by atoms with E-state index in [0.717, 1.165) is 28.9 Å². The van der Waals surface area contributed by atoms with Crippen LogP contribution in [0.3, 0.4) is 0 Å². The number of hydrogen-bond donors (Lipinski definition) is 1. The van der Waals surface area contributed by atoms with E-state index in [2.05, 4.69) is 67.9 Å². The number of anilines is 1. The summed E-state index contributed by atoms with van der Waals surface area (Å²) in [6, 6.07) is 7.97. The van der Waals surface area contributed by atoms with E-state index in [4.69, 9.17) is 14.6 Å². The molecule has 0 aliphatic carbocycles. The molecule has 8 nitrogen and oxygen atoms in total. The van der Waals surface area contributed by atoms with Gasteiger partial charge in [0.15, 0.2) is 23.0 Å². The molecule has 3 aromatic heterocycles. The van der Waals surface area contributed by atoms with Crippen molar-refractivity contribution in [3.05, 3.63) is 45.6 Å². The fourth-order valence-electron chi connectivity index (χ4n) is 4.44. The normalized spacial score (nSPS) is 12.5. The predicted octanol–water partition coefficient (Wildman–Crippen LogP) is 4.83. The van der Waals surface area contributed by atoms with Crippen LogP contribution in [0.2, 0.25) is 0 Å². The SMILES string of the molecule is CCCCN(CC)c1ccc(C=c2c(C(C)(C)C)nn3c(-c4cc(CO)cc(OC)c4OC)nnc23)s1. The second-order valence-corrected chi connectivity index (χ2v) is 11.2. The largest absolute Gasteiger partial charge is 0.493 e. The van der Waals surface area contributed by atoms with Crippen molar-refractivity contribution in [2.45, 2.75) is 59.5 Å². The van der Waals surface area contributed by atoms with E-state index in [9.17, 15) is 5.11 Å². The van der Waals surface area contributed by atoms with Crippen molar-refractivity contribution in [3.63, 3.8) is 0 Å². The molecule has 9 heteroatoms. The quantitative estimate of drug-likeness (QED) is 0.319. The number of methoxy groups -OCH3 is 2. The Bertz CT molecular complexity index is 1420. The third-order valence-electron chi connectivity index (χ3n) is 6.38. The maximum atomic E-state index is 9.82. The average Bonchev–Trinajstić information content (AvgIpc) is 3.60. The molecule has 0 radical (unpaired) electrons. The van der Waals surface area contributed by atoms with Crippen LogP contribution in [0, 0.1) is 0 Å². The summed E-state index contributed by atoms with van der Waals surface area (Å²) >= 11 is 1.78. The number of ether oxygens (including phenoxy) is 2. The Labute approximate surface area is 222 Å². The van der Waals surface area contributed by atoms with Gasteiger partial charge in [0, 0.05) is 28.6 Å². The van der Waals surface area contributed by atoms with Crippen LogP contribution in [-0.4, -0.2) is 52.2 Å². The molecule has 0 atom stereocenters. The van der Waals surface area contributed by atoms with Crippen LogP contribution >= 0.6 is 11.3 Å². The van der Waals surface area contributed by atoms with Crippen LogP contribution in [0.4, 0.5) is 5.00 Å². The summed E-state index contributed by atoms with van der Waals surface area (Å²) in [5.41, 5.74) is 2.76. The lowest BCUT2D eigenvalue weighted by atomic mass is 9.91. The summed E-state index contributed by atoms with van der Waals surface area (Å²) in [6.45, 7) is 12.8. The maximum Gasteiger partial charge on any atom is 0.189 e. The summed E-state index contributed by atoms with van der Waals surface area (Å²) in [7, 11) is 3.16. The lowest BCUT2D eigenvalue weighted by Gasteiger charge is -2.20. The first kappa shape index (κ1) is 26.9. The van der Waals surface area contributed by atoms with Gasteiger partial charge in [-0.25, -0.2) is 0 Å². The monoisotopic (exact) mass is 523 g/mol. The van der Waals surface area contributed by atoms with Crippen molar-refractivity contribution in [1.82, 2.24) is 19.8 Å². The van der Waals surface area contributed by atoms with Gasteiger partial charge in [0.05, 0.1) is 37.1 Å². The van der Waals surface area contributed by atoms with Crippen LogP contribution in [-0.2, 0) is 12.0 Å². The summed E-state index contributed by atoms with van der Waals surface area (Å²) in [5.74, 6) is 1.58. The minimum Gasteiger partial charge on any atom is -0.493 e. The van der Waals surface area contributed by atoms with Gasteiger partial charge in [0.1, 0.15) is 0 Å². The smallest absolute Gasteiger partial charge is 0.189 e. The van der Waals surface area contributed by atoms with Crippen molar-refractivity contribution < 1.29 is 14.6 Å². The molecule has 0 bridgehead atoms. The molecule has 0 aliphatic heterocycles.